The average Bonchev–Trinajstić information content (AvgIpc) is 3.22. The zero-order chi connectivity index (χ0) is 19.9. The molecular formula is C22H28N2O3S. The molecular weight excluding hydrogens is 372 g/mol. The van der Waals surface area contributed by atoms with Crippen LogP contribution in [0.25, 0.3) is 0 Å². The van der Waals surface area contributed by atoms with Gasteiger partial charge in [0.1, 0.15) is 11.5 Å². The van der Waals surface area contributed by atoms with E-state index in [4.69, 9.17) is 26.4 Å². The molecule has 1 heterocycles. The molecule has 3 rings (SSSR count). The minimum atomic E-state index is 0.189. The minimum Gasteiger partial charge on any atom is -0.496 e. The third-order valence-electron chi connectivity index (χ3n) is 4.89. The van der Waals surface area contributed by atoms with Crippen molar-refractivity contribution in [2.75, 3.05) is 32.7 Å². The monoisotopic (exact) mass is 400 g/mol. The lowest BCUT2D eigenvalue weighted by Gasteiger charge is -2.29. The van der Waals surface area contributed by atoms with Crippen LogP contribution in [0.5, 0.6) is 11.5 Å². The van der Waals surface area contributed by atoms with Crippen LogP contribution in [-0.4, -0.2) is 43.5 Å². The fourth-order valence-electron chi connectivity index (χ4n) is 3.39. The van der Waals surface area contributed by atoms with Gasteiger partial charge in [-0.15, -0.1) is 0 Å². The van der Waals surface area contributed by atoms with Gasteiger partial charge in [0.2, 0.25) is 0 Å². The van der Waals surface area contributed by atoms with Gasteiger partial charge in [-0.2, -0.15) is 0 Å². The summed E-state index contributed by atoms with van der Waals surface area (Å²) in [5, 5.41) is 4.00. The summed E-state index contributed by atoms with van der Waals surface area (Å²) in [6.07, 6.45) is 2.34. The molecule has 1 aliphatic heterocycles. The number of hydrogen-bond acceptors (Lipinski definition) is 4. The Balaban J connectivity index is 1.80. The highest BCUT2D eigenvalue weighted by Gasteiger charge is 2.22. The van der Waals surface area contributed by atoms with E-state index in [1.807, 2.05) is 43.3 Å². The zero-order valence-corrected chi connectivity index (χ0v) is 17.6. The first-order chi connectivity index (χ1) is 13.6. The molecule has 1 unspecified atom stereocenters. The Morgan fingerprint density at radius 1 is 1.18 bits per heavy atom. The van der Waals surface area contributed by atoms with E-state index in [2.05, 4.69) is 16.3 Å². The first-order valence-electron chi connectivity index (χ1n) is 9.54. The number of hydrogen-bond donors (Lipinski definition) is 1. The lowest BCUT2D eigenvalue weighted by molar-refractivity contribution is 0.0903. The summed E-state index contributed by atoms with van der Waals surface area (Å²) in [6.45, 7) is 4.23. The topological polar surface area (TPSA) is 43.0 Å². The molecule has 1 saturated heterocycles. The molecule has 0 saturated carbocycles. The summed E-state index contributed by atoms with van der Waals surface area (Å²) in [7, 11) is 3.36. The number of aryl methyl sites for hydroxylation is 1. The molecule has 0 aromatic heterocycles. The standard InChI is InChI=1S/C22H28N2O3S/c1-16-10-11-19(21(13-16)26-3)23-22(28)24(15-18-8-6-12-27-18)14-17-7-4-5-9-20(17)25-2/h4-5,7,9-11,13,18H,6,8,12,14-15H2,1-3H3,(H,23,28). The van der Waals surface area contributed by atoms with Crippen LogP contribution >= 0.6 is 12.2 Å². The quantitative estimate of drug-likeness (QED) is 0.696. The third-order valence-corrected chi connectivity index (χ3v) is 5.25. The van der Waals surface area contributed by atoms with Crippen molar-refractivity contribution in [2.24, 2.45) is 0 Å². The number of methoxy groups -OCH3 is 2. The van der Waals surface area contributed by atoms with E-state index in [0.717, 1.165) is 54.3 Å². The lowest BCUT2D eigenvalue weighted by atomic mass is 10.1. The van der Waals surface area contributed by atoms with Crippen molar-refractivity contribution in [3.8, 4) is 11.5 Å². The van der Waals surface area contributed by atoms with Gasteiger partial charge in [0.25, 0.3) is 0 Å². The molecule has 0 aliphatic carbocycles. The van der Waals surface area contributed by atoms with Gasteiger partial charge < -0.3 is 24.4 Å². The summed E-state index contributed by atoms with van der Waals surface area (Å²) in [4.78, 5) is 2.14. The first kappa shape index (κ1) is 20.4. The van der Waals surface area contributed by atoms with E-state index in [1.165, 1.54) is 0 Å². The smallest absolute Gasteiger partial charge is 0.173 e. The van der Waals surface area contributed by atoms with Crippen LogP contribution in [0, 0.1) is 6.92 Å². The maximum atomic E-state index is 5.85. The molecule has 1 atom stereocenters. The Labute approximate surface area is 172 Å². The molecule has 1 N–H and O–H groups in total. The fraction of sp³-hybridized carbons (Fsp3) is 0.409. The number of nitrogens with one attached hydrogen (secondary N) is 1. The van der Waals surface area contributed by atoms with Crippen LogP contribution in [0.1, 0.15) is 24.0 Å². The Hall–Kier alpha value is -2.31. The Morgan fingerprint density at radius 3 is 2.68 bits per heavy atom. The Kier molecular flexibility index (Phi) is 7.12. The van der Waals surface area contributed by atoms with Crippen LogP contribution in [0.3, 0.4) is 0 Å². The maximum absolute atomic E-state index is 5.85. The number of nitrogens with zero attached hydrogens (tertiary/aromatic N) is 1. The van der Waals surface area contributed by atoms with Gasteiger partial charge in [0, 0.05) is 25.3 Å². The maximum Gasteiger partial charge on any atom is 0.173 e. The molecule has 150 valence electrons. The largest absolute Gasteiger partial charge is 0.496 e. The number of anilines is 1. The van der Waals surface area contributed by atoms with Gasteiger partial charge in [0.15, 0.2) is 5.11 Å². The van der Waals surface area contributed by atoms with Gasteiger partial charge in [-0.1, -0.05) is 24.3 Å². The van der Waals surface area contributed by atoms with E-state index in [9.17, 15) is 0 Å². The summed E-state index contributed by atoms with van der Waals surface area (Å²) in [5.74, 6) is 1.63. The summed E-state index contributed by atoms with van der Waals surface area (Å²) < 4.78 is 16.9. The van der Waals surface area contributed by atoms with Crippen molar-refractivity contribution in [1.29, 1.82) is 0 Å². The molecule has 5 nitrogen and oxygen atoms in total. The van der Waals surface area contributed by atoms with Gasteiger partial charge >= 0.3 is 0 Å². The highest BCUT2D eigenvalue weighted by molar-refractivity contribution is 7.80. The SMILES string of the molecule is COc1ccccc1CN(CC1CCCO1)C(=S)Nc1ccc(C)cc1OC. The van der Waals surface area contributed by atoms with E-state index < -0.39 is 0 Å². The third kappa shape index (κ3) is 5.14. The number of ether oxygens (including phenoxy) is 3. The molecule has 0 spiro atoms. The van der Waals surface area contributed by atoms with Crippen molar-refractivity contribution in [3.05, 3.63) is 53.6 Å². The van der Waals surface area contributed by atoms with Crippen LogP contribution in [0.15, 0.2) is 42.5 Å². The summed E-state index contributed by atoms with van der Waals surface area (Å²) >= 11 is 5.77. The Morgan fingerprint density at radius 2 is 1.96 bits per heavy atom. The van der Waals surface area contributed by atoms with E-state index in [1.54, 1.807) is 14.2 Å². The molecule has 0 radical (unpaired) electrons. The number of para-hydroxylation sites is 1. The predicted octanol–water partition coefficient (Wildman–Crippen LogP) is 4.39. The zero-order valence-electron chi connectivity index (χ0n) is 16.7. The van der Waals surface area contributed by atoms with Crippen molar-refractivity contribution in [3.63, 3.8) is 0 Å². The molecule has 28 heavy (non-hydrogen) atoms. The van der Waals surface area contributed by atoms with E-state index in [-0.39, 0.29) is 6.10 Å². The molecule has 1 aliphatic rings. The number of benzene rings is 2. The van der Waals surface area contributed by atoms with Crippen molar-refractivity contribution in [2.45, 2.75) is 32.4 Å². The van der Waals surface area contributed by atoms with E-state index >= 15 is 0 Å². The van der Waals surface area contributed by atoms with Crippen LogP contribution in [0.4, 0.5) is 5.69 Å². The first-order valence-corrected chi connectivity index (χ1v) is 9.95. The minimum absolute atomic E-state index is 0.189. The van der Waals surface area contributed by atoms with Gasteiger partial charge in [-0.05, 0) is 55.7 Å². The normalized spacial score (nSPS) is 15.9. The second-order valence-electron chi connectivity index (χ2n) is 6.96. The van der Waals surface area contributed by atoms with Crippen molar-refractivity contribution < 1.29 is 14.2 Å². The van der Waals surface area contributed by atoms with Crippen molar-refractivity contribution >= 4 is 23.0 Å². The van der Waals surface area contributed by atoms with Gasteiger partial charge in [-0.3, -0.25) is 0 Å². The predicted molar refractivity (Wildman–Crippen MR) is 116 cm³/mol. The molecule has 2 aromatic carbocycles. The molecule has 0 bridgehead atoms. The molecule has 2 aromatic rings. The number of thiocarbonyl (C=S) groups is 1. The summed E-state index contributed by atoms with van der Waals surface area (Å²) in [6, 6.07) is 14.1. The fourth-order valence-corrected chi connectivity index (χ4v) is 3.64. The molecule has 1 fully saturated rings. The highest BCUT2D eigenvalue weighted by Crippen LogP contribution is 2.27. The number of rotatable bonds is 7. The van der Waals surface area contributed by atoms with Crippen LogP contribution in [-0.2, 0) is 11.3 Å². The second-order valence-corrected chi connectivity index (χ2v) is 7.35. The average molecular weight is 401 g/mol. The lowest BCUT2D eigenvalue weighted by Crippen LogP contribution is -2.39. The highest BCUT2D eigenvalue weighted by atomic mass is 32.1. The van der Waals surface area contributed by atoms with Gasteiger partial charge in [-0.25, -0.2) is 0 Å². The van der Waals surface area contributed by atoms with Crippen molar-refractivity contribution in [1.82, 2.24) is 4.90 Å². The molecule has 0 amide bonds. The second kappa shape index (κ2) is 9.75. The summed E-state index contributed by atoms with van der Waals surface area (Å²) in [5.41, 5.74) is 3.08. The van der Waals surface area contributed by atoms with Crippen LogP contribution in [0.2, 0.25) is 0 Å². The van der Waals surface area contributed by atoms with Gasteiger partial charge in [0.05, 0.1) is 26.0 Å². The Bertz CT molecular complexity index is 806. The van der Waals surface area contributed by atoms with Crippen LogP contribution < -0.4 is 14.8 Å². The van der Waals surface area contributed by atoms with E-state index in [0.29, 0.717) is 11.7 Å². The molecule has 6 heteroatoms.